The van der Waals surface area contributed by atoms with E-state index in [-0.39, 0.29) is 0 Å². The minimum Gasteiger partial charge on any atom is -0.493 e. The summed E-state index contributed by atoms with van der Waals surface area (Å²) in [6, 6.07) is 6.90. The van der Waals surface area contributed by atoms with Crippen LogP contribution in [-0.2, 0) is 0 Å². The van der Waals surface area contributed by atoms with Crippen LogP contribution >= 0.6 is 11.8 Å². The van der Waals surface area contributed by atoms with Gasteiger partial charge in [0.05, 0.1) is 6.61 Å². The molecule has 0 unspecified atom stereocenters. The zero-order valence-corrected chi connectivity index (χ0v) is 11.8. The molecular weight excluding hydrogens is 247 g/mol. The molecule has 100 valence electrons. The number of benzene rings is 1. The lowest BCUT2D eigenvalue weighted by Crippen LogP contribution is -2.29. The first-order valence-electron chi connectivity index (χ1n) is 6.26. The summed E-state index contributed by atoms with van der Waals surface area (Å²) in [4.78, 5) is 0. The van der Waals surface area contributed by atoms with Gasteiger partial charge in [0, 0.05) is 5.75 Å². The van der Waals surface area contributed by atoms with E-state index in [1.165, 1.54) is 6.42 Å². The van der Waals surface area contributed by atoms with Gasteiger partial charge in [0.1, 0.15) is 5.75 Å². The van der Waals surface area contributed by atoms with E-state index in [2.05, 4.69) is 13.8 Å². The Morgan fingerprint density at radius 1 is 1.28 bits per heavy atom. The number of hydrogen-bond acceptors (Lipinski definition) is 4. The molecule has 1 rings (SSSR count). The Morgan fingerprint density at radius 2 is 2.06 bits per heavy atom. The van der Waals surface area contributed by atoms with Crippen molar-refractivity contribution in [3.05, 3.63) is 24.3 Å². The molecule has 0 saturated carbocycles. The molecule has 1 aromatic carbocycles. The summed E-state index contributed by atoms with van der Waals surface area (Å²) in [5, 5.41) is 18.1. The summed E-state index contributed by atoms with van der Waals surface area (Å²) in [7, 11) is -1.44. The Hall–Kier alpha value is -0.645. The van der Waals surface area contributed by atoms with Crippen LogP contribution in [0.2, 0.25) is 0 Å². The average Bonchev–Trinajstić information content (AvgIpc) is 2.33. The maximum atomic E-state index is 9.04. The minimum atomic E-state index is -1.44. The zero-order chi connectivity index (χ0) is 13.4. The highest BCUT2D eigenvalue weighted by molar-refractivity contribution is 7.99. The molecule has 0 bridgehead atoms. The second-order valence-corrected chi connectivity index (χ2v) is 5.81. The lowest BCUT2D eigenvalue weighted by atomic mass is 9.80. The van der Waals surface area contributed by atoms with Crippen LogP contribution in [-0.4, -0.2) is 35.3 Å². The Bertz CT molecular complexity index is 345. The van der Waals surface area contributed by atoms with Crippen LogP contribution in [0, 0.1) is 5.92 Å². The first kappa shape index (κ1) is 15.4. The predicted molar refractivity (Wildman–Crippen MR) is 78.5 cm³/mol. The maximum Gasteiger partial charge on any atom is 0.488 e. The molecule has 1 aromatic rings. The van der Waals surface area contributed by atoms with Gasteiger partial charge in [-0.3, -0.25) is 0 Å². The molecule has 18 heavy (non-hydrogen) atoms. The summed E-state index contributed by atoms with van der Waals surface area (Å²) in [5.74, 6) is 3.56. The fraction of sp³-hybridized carbons (Fsp3) is 0.538. The molecule has 0 fully saturated rings. The second-order valence-electron chi connectivity index (χ2n) is 4.59. The van der Waals surface area contributed by atoms with Crippen molar-refractivity contribution in [1.29, 1.82) is 0 Å². The van der Waals surface area contributed by atoms with Gasteiger partial charge in [0.2, 0.25) is 0 Å². The Kier molecular flexibility index (Phi) is 7.24. The van der Waals surface area contributed by atoms with Crippen molar-refractivity contribution in [2.24, 2.45) is 5.92 Å². The average molecular weight is 268 g/mol. The summed E-state index contributed by atoms with van der Waals surface area (Å²) in [6.45, 7) is 5.10. The van der Waals surface area contributed by atoms with Gasteiger partial charge in [-0.15, -0.1) is 0 Å². The SMILES string of the molecule is CC(C)CCSCCOc1cccc(B(O)O)c1. The molecule has 0 aliphatic carbocycles. The molecule has 0 aromatic heterocycles. The van der Waals surface area contributed by atoms with E-state index < -0.39 is 7.12 Å². The van der Waals surface area contributed by atoms with Gasteiger partial charge < -0.3 is 14.8 Å². The van der Waals surface area contributed by atoms with Crippen molar-refractivity contribution in [2.45, 2.75) is 20.3 Å². The Morgan fingerprint density at radius 3 is 2.72 bits per heavy atom. The van der Waals surface area contributed by atoms with E-state index in [1.807, 2.05) is 17.8 Å². The van der Waals surface area contributed by atoms with Crippen molar-refractivity contribution < 1.29 is 14.8 Å². The van der Waals surface area contributed by atoms with Crippen molar-refractivity contribution in [3.63, 3.8) is 0 Å². The van der Waals surface area contributed by atoms with Gasteiger partial charge in [0.25, 0.3) is 0 Å². The van der Waals surface area contributed by atoms with E-state index in [0.29, 0.717) is 17.8 Å². The fourth-order valence-corrected chi connectivity index (χ4v) is 2.45. The van der Waals surface area contributed by atoms with Gasteiger partial charge in [-0.05, 0) is 35.7 Å². The lowest BCUT2D eigenvalue weighted by molar-refractivity contribution is 0.344. The molecule has 2 N–H and O–H groups in total. The van der Waals surface area contributed by atoms with E-state index >= 15 is 0 Å². The Labute approximate surface area is 114 Å². The van der Waals surface area contributed by atoms with Crippen molar-refractivity contribution >= 4 is 24.3 Å². The topological polar surface area (TPSA) is 49.7 Å². The number of hydrogen-bond donors (Lipinski definition) is 2. The van der Waals surface area contributed by atoms with Crippen LogP contribution in [0.1, 0.15) is 20.3 Å². The number of ether oxygens (including phenoxy) is 1. The van der Waals surface area contributed by atoms with Gasteiger partial charge in [-0.25, -0.2) is 0 Å². The van der Waals surface area contributed by atoms with Crippen molar-refractivity contribution in [2.75, 3.05) is 18.1 Å². The van der Waals surface area contributed by atoms with Crippen LogP contribution in [0.5, 0.6) is 5.75 Å². The van der Waals surface area contributed by atoms with Crippen LogP contribution in [0.15, 0.2) is 24.3 Å². The summed E-state index contributed by atoms with van der Waals surface area (Å²) >= 11 is 1.89. The van der Waals surface area contributed by atoms with Gasteiger partial charge in [0.15, 0.2) is 0 Å². The first-order valence-corrected chi connectivity index (χ1v) is 7.41. The molecule has 0 aliphatic heterocycles. The Balaban J connectivity index is 2.21. The molecular formula is C13H21BO3S. The highest BCUT2D eigenvalue weighted by Crippen LogP contribution is 2.11. The number of rotatable bonds is 8. The summed E-state index contributed by atoms with van der Waals surface area (Å²) < 4.78 is 5.56. The standard InChI is InChI=1S/C13H21BO3S/c1-11(2)6-8-18-9-7-17-13-5-3-4-12(10-13)14(15)16/h3-5,10-11,15-16H,6-9H2,1-2H3. The molecule has 0 spiro atoms. The third-order valence-electron chi connectivity index (χ3n) is 2.49. The van der Waals surface area contributed by atoms with Gasteiger partial charge in [-0.2, -0.15) is 11.8 Å². The third-order valence-corrected chi connectivity index (χ3v) is 3.47. The molecule has 0 aliphatic rings. The van der Waals surface area contributed by atoms with E-state index in [1.54, 1.807) is 18.2 Å². The zero-order valence-electron chi connectivity index (χ0n) is 11.0. The smallest absolute Gasteiger partial charge is 0.488 e. The van der Waals surface area contributed by atoms with Crippen molar-refractivity contribution in [3.8, 4) is 5.75 Å². The predicted octanol–water partition coefficient (Wildman–Crippen LogP) is 1.52. The third kappa shape index (κ3) is 6.33. The molecule has 3 nitrogen and oxygen atoms in total. The number of thioether (sulfide) groups is 1. The molecule has 0 saturated heterocycles. The summed E-state index contributed by atoms with van der Waals surface area (Å²) in [5.41, 5.74) is 0.458. The summed E-state index contributed by atoms with van der Waals surface area (Å²) in [6.07, 6.45) is 1.23. The lowest BCUT2D eigenvalue weighted by Gasteiger charge is -2.08. The second kappa shape index (κ2) is 8.46. The molecule has 0 radical (unpaired) electrons. The largest absolute Gasteiger partial charge is 0.493 e. The quantitative estimate of drug-likeness (QED) is 0.554. The van der Waals surface area contributed by atoms with E-state index in [0.717, 1.165) is 17.4 Å². The highest BCUT2D eigenvalue weighted by Gasteiger charge is 2.10. The monoisotopic (exact) mass is 268 g/mol. The highest BCUT2D eigenvalue weighted by atomic mass is 32.2. The molecule has 0 atom stereocenters. The van der Waals surface area contributed by atoms with Gasteiger partial charge >= 0.3 is 7.12 Å². The fourth-order valence-electron chi connectivity index (χ4n) is 1.40. The van der Waals surface area contributed by atoms with Crippen LogP contribution in [0.3, 0.4) is 0 Å². The van der Waals surface area contributed by atoms with Crippen LogP contribution < -0.4 is 10.2 Å². The van der Waals surface area contributed by atoms with Crippen LogP contribution in [0.25, 0.3) is 0 Å². The van der Waals surface area contributed by atoms with E-state index in [9.17, 15) is 0 Å². The molecule has 0 amide bonds. The first-order chi connectivity index (χ1) is 8.59. The molecule has 0 heterocycles. The van der Waals surface area contributed by atoms with Crippen molar-refractivity contribution in [1.82, 2.24) is 0 Å². The van der Waals surface area contributed by atoms with Crippen LogP contribution in [0.4, 0.5) is 0 Å². The normalized spacial score (nSPS) is 10.7. The molecule has 5 heteroatoms. The minimum absolute atomic E-state index is 0.458. The van der Waals surface area contributed by atoms with E-state index in [4.69, 9.17) is 14.8 Å². The van der Waals surface area contributed by atoms with Gasteiger partial charge in [-0.1, -0.05) is 26.0 Å². The maximum absolute atomic E-state index is 9.04.